The molecule has 1 heterocycles. The highest BCUT2D eigenvalue weighted by molar-refractivity contribution is 5.24. The first-order valence-electron chi connectivity index (χ1n) is 6.55. The van der Waals surface area contributed by atoms with Crippen molar-refractivity contribution >= 4 is 5.95 Å². The molecule has 0 unspecified atom stereocenters. The second-order valence-electron chi connectivity index (χ2n) is 5.04. The van der Waals surface area contributed by atoms with Crippen molar-refractivity contribution in [2.24, 2.45) is 18.7 Å². The molecule has 0 radical (unpaired) electrons. The van der Waals surface area contributed by atoms with Crippen molar-refractivity contribution in [3.63, 3.8) is 0 Å². The molecule has 2 rings (SSSR count). The zero-order valence-electron chi connectivity index (χ0n) is 10.8. The standard InChI is InChI=1S/C12H23N5/c1-14-12-16-15-11(17(12)2)10(13)8-9-6-4-3-5-7-9/h9-10H,3-8,13H2,1-2H3,(H,14,16)/t10-/m1/s1. The van der Waals surface area contributed by atoms with Gasteiger partial charge in [-0.25, -0.2) is 0 Å². The van der Waals surface area contributed by atoms with E-state index in [0.717, 1.165) is 24.1 Å². The first kappa shape index (κ1) is 12.4. The lowest BCUT2D eigenvalue weighted by molar-refractivity contribution is 0.314. The lowest BCUT2D eigenvalue weighted by Crippen LogP contribution is -2.20. The van der Waals surface area contributed by atoms with Gasteiger partial charge in [-0.3, -0.25) is 4.57 Å². The Bertz CT molecular complexity index is 354. The van der Waals surface area contributed by atoms with Gasteiger partial charge in [-0.15, -0.1) is 10.2 Å². The zero-order valence-corrected chi connectivity index (χ0v) is 10.8. The largest absolute Gasteiger partial charge is 0.357 e. The van der Waals surface area contributed by atoms with Crippen LogP contribution in [0.5, 0.6) is 0 Å². The van der Waals surface area contributed by atoms with Gasteiger partial charge in [0.05, 0.1) is 6.04 Å². The molecule has 1 atom stereocenters. The zero-order chi connectivity index (χ0) is 12.3. The van der Waals surface area contributed by atoms with Gasteiger partial charge in [0.15, 0.2) is 5.82 Å². The monoisotopic (exact) mass is 237 g/mol. The molecule has 1 aliphatic carbocycles. The van der Waals surface area contributed by atoms with Gasteiger partial charge in [0, 0.05) is 14.1 Å². The fraction of sp³-hybridized carbons (Fsp3) is 0.833. The Morgan fingerprint density at radius 2 is 2.06 bits per heavy atom. The number of anilines is 1. The van der Waals surface area contributed by atoms with E-state index in [1.165, 1.54) is 32.1 Å². The molecule has 1 saturated carbocycles. The molecule has 5 nitrogen and oxygen atoms in total. The summed E-state index contributed by atoms with van der Waals surface area (Å²) in [7, 11) is 3.81. The highest BCUT2D eigenvalue weighted by Crippen LogP contribution is 2.30. The van der Waals surface area contributed by atoms with Crippen LogP contribution in [0.3, 0.4) is 0 Å². The number of hydrogen-bond donors (Lipinski definition) is 2. The van der Waals surface area contributed by atoms with Crippen molar-refractivity contribution < 1.29 is 0 Å². The number of nitrogens with one attached hydrogen (secondary N) is 1. The number of aromatic nitrogens is 3. The van der Waals surface area contributed by atoms with Gasteiger partial charge >= 0.3 is 0 Å². The molecule has 5 heteroatoms. The Hall–Kier alpha value is -1.10. The molecule has 0 aliphatic heterocycles. The van der Waals surface area contributed by atoms with Gasteiger partial charge in [0.2, 0.25) is 5.95 Å². The molecule has 0 bridgehead atoms. The maximum absolute atomic E-state index is 6.24. The summed E-state index contributed by atoms with van der Waals surface area (Å²) in [6.45, 7) is 0. The molecule has 1 fully saturated rings. The van der Waals surface area contributed by atoms with Gasteiger partial charge in [-0.1, -0.05) is 32.1 Å². The Labute approximate surface area is 103 Å². The molecule has 1 aromatic rings. The van der Waals surface area contributed by atoms with Crippen LogP contribution in [0, 0.1) is 5.92 Å². The van der Waals surface area contributed by atoms with E-state index in [1.807, 2.05) is 18.7 Å². The van der Waals surface area contributed by atoms with Crippen molar-refractivity contribution in [1.82, 2.24) is 14.8 Å². The summed E-state index contributed by atoms with van der Waals surface area (Å²) in [5.74, 6) is 2.44. The van der Waals surface area contributed by atoms with Gasteiger partial charge in [-0.2, -0.15) is 0 Å². The van der Waals surface area contributed by atoms with Crippen molar-refractivity contribution in [3.05, 3.63) is 5.82 Å². The molecule has 0 aromatic carbocycles. The van der Waals surface area contributed by atoms with Gasteiger partial charge in [-0.05, 0) is 12.3 Å². The smallest absolute Gasteiger partial charge is 0.224 e. The maximum Gasteiger partial charge on any atom is 0.224 e. The van der Waals surface area contributed by atoms with Crippen LogP contribution in [0.1, 0.15) is 50.4 Å². The molecule has 0 amide bonds. The van der Waals surface area contributed by atoms with E-state index >= 15 is 0 Å². The topological polar surface area (TPSA) is 68.8 Å². The van der Waals surface area contributed by atoms with Crippen molar-refractivity contribution in [2.45, 2.75) is 44.6 Å². The molecule has 1 aliphatic rings. The SMILES string of the molecule is CNc1nnc([C@H](N)CC2CCCCC2)n1C. The summed E-state index contributed by atoms with van der Waals surface area (Å²) >= 11 is 0. The number of hydrogen-bond acceptors (Lipinski definition) is 4. The average molecular weight is 237 g/mol. The molecular formula is C12H23N5. The van der Waals surface area contributed by atoms with Crippen molar-refractivity contribution in [3.8, 4) is 0 Å². The van der Waals surface area contributed by atoms with Crippen LogP contribution < -0.4 is 11.1 Å². The molecule has 96 valence electrons. The minimum atomic E-state index is 0.0118. The average Bonchev–Trinajstić information content (AvgIpc) is 2.71. The van der Waals surface area contributed by atoms with Gasteiger partial charge < -0.3 is 11.1 Å². The van der Waals surface area contributed by atoms with E-state index in [2.05, 4.69) is 15.5 Å². The number of rotatable bonds is 4. The second-order valence-corrected chi connectivity index (χ2v) is 5.04. The van der Waals surface area contributed by atoms with E-state index in [4.69, 9.17) is 5.73 Å². The Kier molecular flexibility index (Phi) is 3.99. The Morgan fingerprint density at radius 3 is 2.65 bits per heavy atom. The summed E-state index contributed by atoms with van der Waals surface area (Å²) in [5, 5.41) is 11.3. The predicted octanol–water partition coefficient (Wildman–Crippen LogP) is 1.83. The highest BCUT2D eigenvalue weighted by Gasteiger charge is 2.21. The van der Waals surface area contributed by atoms with Gasteiger partial charge in [0.1, 0.15) is 0 Å². The van der Waals surface area contributed by atoms with Crippen LogP contribution in [0.4, 0.5) is 5.95 Å². The van der Waals surface area contributed by atoms with Crippen LogP contribution in [0.2, 0.25) is 0 Å². The van der Waals surface area contributed by atoms with E-state index in [9.17, 15) is 0 Å². The normalized spacial score (nSPS) is 19.2. The molecular weight excluding hydrogens is 214 g/mol. The summed E-state index contributed by atoms with van der Waals surface area (Å²) in [4.78, 5) is 0. The van der Waals surface area contributed by atoms with Crippen molar-refractivity contribution in [1.29, 1.82) is 0 Å². The summed E-state index contributed by atoms with van der Waals surface area (Å²) in [6, 6.07) is 0.0118. The molecule has 1 aromatic heterocycles. The van der Waals surface area contributed by atoms with E-state index in [-0.39, 0.29) is 6.04 Å². The quantitative estimate of drug-likeness (QED) is 0.838. The Morgan fingerprint density at radius 1 is 1.35 bits per heavy atom. The predicted molar refractivity (Wildman–Crippen MR) is 68.7 cm³/mol. The van der Waals surface area contributed by atoms with Crippen LogP contribution in [-0.2, 0) is 7.05 Å². The first-order valence-corrected chi connectivity index (χ1v) is 6.55. The third-order valence-corrected chi connectivity index (χ3v) is 3.78. The summed E-state index contributed by atoms with van der Waals surface area (Å²) in [6.07, 6.45) is 7.79. The second kappa shape index (κ2) is 5.49. The molecule has 0 spiro atoms. The highest BCUT2D eigenvalue weighted by atomic mass is 15.3. The summed E-state index contributed by atoms with van der Waals surface area (Å²) in [5.41, 5.74) is 6.24. The fourth-order valence-corrected chi connectivity index (χ4v) is 2.77. The third kappa shape index (κ3) is 2.77. The Balaban J connectivity index is 1.98. The molecule has 0 saturated heterocycles. The molecule has 17 heavy (non-hydrogen) atoms. The van der Waals surface area contributed by atoms with Gasteiger partial charge in [0.25, 0.3) is 0 Å². The van der Waals surface area contributed by atoms with Crippen LogP contribution in [0.15, 0.2) is 0 Å². The van der Waals surface area contributed by atoms with Crippen molar-refractivity contribution in [2.75, 3.05) is 12.4 Å². The summed E-state index contributed by atoms with van der Waals surface area (Å²) < 4.78 is 1.95. The number of nitrogens with two attached hydrogens (primary N) is 1. The lowest BCUT2D eigenvalue weighted by atomic mass is 9.85. The molecule has 3 N–H and O–H groups in total. The minimum Gasteiger partial charge on any atom is -0.357 e. The van der Waals surface area contributed by atoms with E-state index in [0.29, 0.717) is 0 Å². The van der Waals surface area contributed by atoms with E-state index in [1.54, 1.807) is 0 Å². The number of nitrogens with zero attached hydrogens (tertiary/aromatic N) is 3. The maximum atomic E-state index is 6.24. The van der Waals surface area contributed by atoms with Crippen LogP contribution in [0.25, 0.3) is 0 Å². The van der Waals surface area contributed by atoms with Crippen LogP contribution >= 0.6 is 0 Å². The minimum absolute atomic E-state index is 0.0118. The fourth-order valence-electron chi connectivity index (χ4n) is 2.77. The van der Waals surface area contributed by atoms with Crippen LogP contribution in [-0.4, -0.2) is 21.8 Å². The lowest BCUT2D eigenvalue weighted by Gasteiger charge is -2.24. The first-order chi connectivity index (χ1) is 8.22. The third-order valence-electron chi connectivity index (χ3n) is 3.78. The van der Waals surface area contributed by atoms with E-state index < -0.39 is 0 Å².